The zero-order valence-electron chi connectivity index (χ0n) is 11.8. The van der Waals surface area contributed by atoms with E-state index in [0.29, 0.717) is 22.2 Å². The monoisotopic (exact) mass is 289 g/mol. The number of nitrogens with one attached hydrogen (secondary N) is 1. The molecule has 0 radical (unpaired) electrons. The molecule has 0 amide bonds. The summed E-state index contributed by atoms with van der Waals surface area (Å²) >= 11 is 6.18. The van der Waals surface area contributed by atoms with Gasteiger partial charge < -0.3 is 10.2 Å². The van der Waals surface area contributed by atoms with Crippen molar-refractivity contribution in [3.63, 3.8) is 0 Å². The molecular formula is C16H20ClN3. The summed E-state index contributed by atoms with van der Waals surface area (Å²) in [5, 5.41) is 4.02. The smallest absolute Gasteiger partial charge is 0.205 e. The van der Waals surface area contributed by atoms with Crippen LogP contribution in [-0.4, -0.2) is 25.7 Å². The van der Waals surface area contributed by atoms with E-state index in [1.165, 1.54) is 19.3 Å². The number of piperidine rings is 1. The number of benzene rings is 1. The highest BCUT2D eigenvalue weighted by Crippen LogP contribution is 2.44. The highest BCUT2D eigenvalue weighted by Gasteiger charge is 2.42. The molecule has 1 spiro atoms. The van der Waals surface area contributed by atoms with Gasteiger partial charge in [-0.25, -0.2) is 4.85 Å². The average Bonchev–Trinajstić information content (AvgIpc) is 2.76. The molecule has 2 aliphatic heterocycles. The van der Waals surface area contributed by atoms with E-state index in [-0.39, 0.29) is 0 Å². The fourth-order valence-corrected chi connectivity index (χ4v) is 3.97. The van der Waals surface area contributed by atoms with Crippen LogP contribution in [0.5, 0.6) is 0 Å². The van der Waals surface area contributed by atoms with Gasteiger partial charge in [0, 0.05) is 23.3 Å². The fourth-order valence-electron chi connectivity index (χ4n) is 3.75. The van der Waals surface area contributed by atoms with Crippen molar-refractivity contribution in [1.82, 2.24) is 5.32 Å². The van der Waals surface area contributed by atoms with Crippen LogP contribution in [0.1, 0.15) is 26.2 Å². The van der Waals surface area contributed by atoms with Gasteiger partial charge in [-0.2, -0.15) is 0 Å². The first-order chi connectivity index (χ1) is 9.63. The number of nitrogens with zero attached hydrogens (tertiary/aromatic N) is 2. The quantitative estimate of drug-likeness (QED) is 0.792. The Morgan fingerprint density at radius 2 is 2.15 bits per heavy atom. The molecule has 1 aromatic carbocycles. The summed E-state index contributed by atoms with van der Waals surface area (Å²) in [5.41, 5.74) is 2.17. The van der Waals surface area contributed by atoms with Gasteiger partial charge in [-0.3, -0.25) is 0 Å². The number of hydrogen-bond donors (Lipinski definition) is 1. The second kappa shape index (κ2) is 5.27. The first-order valence-corrected chi connectivity index (χ1v) is 7.66. The Morgan fingerprint density at radius 1 is 1.40 bits per heavy atom. The summed E-state index contributed by atoms with van der Waals surface area (Å²) in [6, 6.07) is 6.37. The van der Waals surface area contributed by atoms with E-state index in [4.69, 9.17) is 18.2 Å². The Bertz CT molecular complexity index is 543. The molecule has 1 atom stereocenters. The van der Waals surface area contributed by atoms with E-state index in [2.05, 4.69) is 22.0 Å². The Kier molecular flexibility index (Phi) is 3.62. The maximum Gasteiger partial charge on any atom is 0.205 e. The Labute approximate surface area is 125 Å². The van der Waals surface area contributed by atoms with Gasteiger partial charge in [0.15, 0.2) is 0 Å². The SMILES string of the molecule is [C-]#[N+]c1ccc(N2CC3(CCNCC3)CC2C)cc1Cl. The molecule has 2 saturated heterocycles. The molecule has 1 unspecified atom stereocenters. The van der Waals surface area contributed by atoms with Crippen molar-refractivity contribution in [3.05, 3.63) is 34.6 Å². The standard InChI is InChI=1S/C16H20ClN3/c1-12-10-16(5-7-19-8-6-16)11-20(12)13-3-4-15(18-2)14(17)9-13/h3-4,9,12,19H,5-8,10-11H2,1H3. The fraction of sp³-hybridized carbons (Fsp3) is 0.562. The molecule has 0 bridgehead atoms. The van der Waals surface area contributed by atoms with Crippen LogP contribution in [-0.2, 0) is 0 Å². The first-order valence-electron chi connectivity index (χ1n) is 7.28. The van der Waals surface area contributed by atoms with Gasteiger partial charge >= 0.3 is 0 Å². The van der Waals surface area contributed by atoms with Crippen LogP contribution in [0.4, 0.5) is 11.4 Å². The van der Waals surface area contributed by atoms with Crippen LogP contribution < -0.4 is 10.2 Å². The molecule has 2 aliphatic rings. The van der Waals surface area contributed by atoms with Crippen molar-refractivity contribution in [2.24, 2.45) is 5.41 Å². The highest BCUT2D eigenvalue weighted by atomic mass is 35.5. The zero-order valence-corrected chi connectivity index (χ0v) is 12.6. The average molecular weight is 290 g/mol. The van der Waals surface area contributed by atoms with Crippen LogP contribution in [0.3, 0.4) is 0 Å². The molecule has 0 aliphatic carbocycles. The summed E-state index contributed by atoms with van der Waals surface area (Å²) in [5.74, 6) is 0. The van der Waals surface area contributed by atoms with Gasteiger partial charge in [-0.15, -0.1) is 0 Å². The topological polar surface area (TPSA) is 19.6 Å². The minimum atomic E-state index is 0.468. The van der Waals surface area contributed by atoms with Crippen molar-refractivity contribution >= 4 is 23.0 Å². The lowest BCUT2D eigenvalue weighted by atomic mass is 9.77. The van der Waals surface area contributed by atoms with Crippen LogP contribution in [0, 0.1) is 12.0 Å². The van der Waals surface area contributed by atoms with Crippen molar-refractivity contribution in [3.8, 4) is 0 Å². The predicted molar refractivity (Wildman–Crippen MR) is 83.7 cm³/mol. The lowest BCUT2D eigenvalue weighted by molar-refractivity contribution is 0.227. The lowest BCUT2D eigenvalue weighted by Gasteiger charge is -2.34. The molecular weight excluding hydrogens is 270 g/mol. The molecule has 3 nitrogen and oxygen atoms in total. The maximum absolute atomic E-state index is 7.08. The van der Waals surface area contributed by atoms with Crippen molar-refractivity contribution < 1.29 is 0 Å². The molecule has 4 heteroatoms. The third-order valence-electron chi connectivity index (χ3n) is 4.81. The van der Waals surface area contributed by atoms with Crippen molar-refractivity contribution in [2.75, 3.05) is 24.5 Å². The second-order valence-corrected chi connectivity index (χ2v) is 6.59. The van der Waals surface area contributed by atoms with Crippen molar-refractivity contribution in [2.45, 2.75) is 32.2 Å². The summed E-state index contributed by atoms with van der Waals surface area (Å²) in [6.45, 7) is 12.8. The second-order valence-electron chi connectivity index (χ2n) is 6.18. The van der Waals surface area contributed by atoms with Crippen LogP contribution in [0.25, 0.3) is 4.85 Å². The summed E-state index contributed by atoms with van der Waals surface area (Å²) in [4.78, 5) is 5.89. The summed E-state index contributed by atoms with van der Waals surface area (Å²) in [6.07, 6.45) is 3.79. The van der Waals surface area contributed by atoms with Crippen LogP contribution >= 0.6 is 11.6 Å². The molecule has 0 saturated carbocycles. The Balaban J connectivity index is 1.84. The summed E-state index contributed by atoms with van der Waals surface area (Å²) in [7, 11) is 0. The van der Waals surface area contributed by atoms with Crippen molar-refractivity contribution in [1.29, 1.82) is 0 Å². The number of rotatable bonds is 1. The number of halogens is 1. The molecule has 2 heterocycles. The van der Waals surface area contributed by atoms with Gasteiger partial charge in [0.25, 0.3) is 0 Å². The molecule has 1 aromatic rings. The minimum absolute atomic E-state index is 0.468. The third-order valence-corrected chi connectivity index (χ3v) is 5.12. The normalized spacial score (nSPS) is 24.9. The van der Waals surface area contributed by atoms with E-state index >= 15 is 0 Å². The minimum Gasteiger partial charge on any atom is -0.368 e. The van der Waals surface area contributed by atoms with E-state index in [1.54, 1.807) is 0 Å². The predicted octanol–water partition coefficient (Wildman–Crippen LogP) is 3.86. The van der Waals surface area contributed by atoms with Gasteiger partial charge in [0.1, 0.15) is 0 Å². The van der Waals surface area contributed by atoms with Crippen LogP contribution in [0.15, 0.2) is 18.2 Å². The van der Waals surface area contributed by atoms with E-state index in [0.717, 1.165) is 25.3 Å². The molecule has 1 N–H and O–H groups in total. The van der Waals surface area contributed by atoms with E-state index in [1.807, 2.05) is 18.2 Å². The molecule has 3 rings (SSSR count). The van der Waals surface area contributed by atoms with E-state index in [9.17, 15) is 0 Å². The molecule has 0 aromatic heterocycles. The maximum atomic E-state index is 7.08. The number of hydrogen-bond acceptors (Lipinski definition) is 2. The Morgan fingerprint density at radius 3 is 2.80 bits per heavy atom. The van der Waals surface area contributed by atoms with Gasteiger partial charge in [-0.1, -0.05) is 17.7 Å². The number of anilines is 1. The van der Waals surface area contributed by atoms with Gasteiger partial charge in [0.05, 0.1) is 6.57 Å². The Hall–Kier alpha value is -1.24. The van der Waals surface area contributed by atoms with Gasteiger partial charge in [0.2, 0.25) is 5.69 Å². The zero-order chi connectivity index (χ0) is 14.2. The first kappa shape index (κ1) is 13.7. The summed E-state index contributed by atoms with van der Waals surface area (Å²) < 4.78 is 0. The third kappa shape index (κ3) is 2.39. The van der Waals surface area contributed by atoms with Gasteiger partial charge in [-0.05, 0) is 56.8 Å². The van der Waals surface area contributed by atoms with Crippen LogP contribution in [0.2, 0.25) is 5.02 Å². The molecule has 20 heavy (non-hydrogen) atoms. The molecule has 2 fully saturated rings. The lowest BCUT2D eigenvalue weighted by Crippen LogP contribution is -2.38. The molecule has 106 valence electrons. The highest BCUT2D eigenvalue weighted by molar-refractivity contribution is 6.33. The van der Waals surface area contributed by atoms with E-state index < -0.39 is 0 Å². The largest absolute Gasteiger partial charge is 0.368 e.